The first kappa shape index (κ1) is 11.8. The Hall–Kier alpha value is -2.30. The smallest absolute Gasteiger partial charge is 0.354 e. The molecule has 0 bridgehead atoms. The first-order valence-electron chi connectivity index (χ1n) is 6.22. The van der Waals surface area contributed by atoms with Crippen LogP contribution in [0.2, 0.25) is 0 Å². The Kier molecular flexibility index (Phi) is 2.95. The number of hydrogen-bond donors (Lipinski definition) is 1. The first-order valence-corrected chi connectivity index (χ1v) is 6.22. The summed E-state index contributed by atoms with van der Waals surface area (Å²) in [5, 5.41) is 9.00. The minimum atomic E-state index is -1.00. The van der Waals surface area contributed by atoms with E-state index in [1.807, 2.05) is 18.2 Å². The summed E-state index contributed by atoms with van der Waals surface area (Å²) >= 11 is 0. The van der Waals surface area contributed by atoms with Crippen LogP contribution in [0, 0.1) is 0 Å². The van der Waals surface area contributed by atoms with Crippen molar-refractivity contribution in [2.45, 2.75) is 25.4 Å². The maximum absolute atomic E-state index is 11.0. The van der Waals surface area contributed by atoms with Gasteiger partial charge in [-0.1, -0.05) is 0 Å². The van der Waals surface area contributed by atoms with Crippen LogP contribution in [0.15, 0.2) is 41.1 Å². The third-order valence-corrected chi connectivity index (χ3v) is 3.19. The van der Waals surface area contributed by atoms with Crippen molar-refractivity contribution in [2.24, 2.45) is 0 Å². The quantitative estimate of drug-likeness (QED) is 0.892. The number of aromatic nitrogens is 1. The van der Waals surface area contributed by atoms with Crippen LogP contribution in [-0.4, -0.2) is 22.1 Å². The summed E-state index contributed by atoms with van der Waals surface area (Å²) in [5.74, 6) is -0.129. The molecule has 5 nitrogen and oxygen atoms in total. The Bertz CT molecular complexity index is 576. The van der Waals surface area contributed by atoms with Crippen molar-refractivity contribution in [3.05, 3.63) is 48.2 Å². The summed E-state index contributed by atoms with van der Waals surface area (Å²) < 4.78 is 5.37. The lowest BCUT2D eigenvalue weighted by molar-refractivity contribution is 0.0690. The predicted molar refractivity (Wildman–Crippen MR) is 69.1 cm³/mol. The lowest BCUT2D eigenvalue weighted by Gasteiger charge is -2.23. The summed E-state index contributed by atoms with van der Waals surface area (Å²) in [4.78, 5) is 17.0. The molecule has 0 aliphatic heterocycles. The topological polar surface area (TPSA) is 66.6 Å². The lowest BCUT2D eigenvalue weighted by atomic mass is 10.2. The van der Waals surface area contributed by atoms with Crippen molar-refractivity contribution in [1.82, 2.24) is 4.98 Å². The lowest BCUT2D eigenvalue weighted by Crippen LogP contribution is -2.25. The second kappa shape index (κ2) is 4.76. The molecule has 1 aliphatic rings. The van der Waals surface area contributed by atoms with Crippen molar-refractivity contribution in [2.75, 3.05) is 4.90 Å². The minimum Gasteiger partial charge on any atom is -0.477 e. The molecule has 98 valence electrons. The molecule has 1 N–H and O–H groups in total. The standard InChI is InChI=1S/C14H14N2O3/c17-14(18)13-8-11(5-6-15-13)16(10-3-4-10)9-12-2-1-7-19-12/h1-2,5-8,10H,3-4,9H2,(H,17,18). The number of hydrogen-bond acceptors (Lipinski definition) is 4. The molecular weight excluding hydrogens is 244 g/mol. The third-order valence-electron chi connectivity index (χ3n) is 3.19. The van der Waals surface area contributed by atoms with E-state index in [1.165, 1.54) is 6.20 Å². The molecule has 19 heavy (non-hydrogen) atoms. The molecule has 0 aromatic carbocycles. The van der Waals surface area contributed by atoms with Gasteiger partial charge in [0.15, 0.2) is 0 Å². The Balaban J connectivity index is 1.87. The molecule has 0 amide bonds. The summed E-state index contributed by atoms with van der Waals surface area (Å²) in [5.41, 5.74) is 0.953. The molecule has 2 heterocycles. The fourth-order valence-electron chi connectivity index (χ4n) is 2.10. The van der Waals surface area contributed by atoms with Crippen LogP contribution in [0.5, 0.6) is 0 Å². The molecular formula is C14H14N2O3. The Labute approximate surface area is 110 Å². The second-order valence-corrected chi connectivity index (χ2v) is 4.64. The van der Waals surface area contributed by atoms with Crippen LogP contribution >= 0.6 is 0 Å². The van der Waals surface area contributed by atoms with E-state index in [4.69, 9.17) is 9.52 Å². The van der Waals surface area contributed by atoms with Gasteiger partial charge in [0.2, 0.25) is 0 Å². The van der Waals surface area contributed by atoms with Crippen LogP contribution in [0.25, 0.3) is 0 Å². The van der Waals surface area contributed by atoms with E-state index in [1.54, 1.807) is 12.3 Å². The van der Waals surface area contributed by atoms with Gasteiger partial charge in [-0.25, -0.2) is 9.78 Å². The van der Waals surface area contributed by atoms with Gasteiger partial charge in [0.05, 0.1) is 12.8 Å². The van der Waals surface area contributed by atoms with E-state index in [0.29, 0.717) is 12.6 Å². The van der Waals surface area contributed by atoms with E-state index in [0.717, 1.165) is 24.3 Å². The largest absolute Gasteiger partial charge is 0.477 e. The second-order valence-electron chi connectivity index (χ2n) is 4.64. The van der Waals surface area contributed by atoms with Gasteiger partial charge >= 0.3 is 5.97 Å². The van der Waals surface area contributed by atoms with Crippen LogP contribution in [0.4, 0.5) is 5.69 Å². The highest BCUT2D eigenvalue weighted by atomic mass is 16.4. The van der Waals surface area contributed by atoms with Gasteiger partial charge in [0, 0.05) is 17.9 Å². The molecule has 0 saturated heterocycles. The number of aromatic carboxylic acids is 1. The monoisotopic (exact) mass is 258 g/mol. The average Bonchev–Trinajstić information content (AvgIpc) is 3.13. The highest BCUT2D eigenvalue weighted by Crippen LogP contribution is 2.33. The van der Waals surface area contributed by atoms with Gasteiger partial charge in [0.1, 0.15) is 11.5 Å². The highest BCUT2D eigenvalue weighted by molar-refractivity contribution is 5.86. The van der Waals surface area contributed by atoms with E-state index >= 15 is 0 Å². The van der Waals surface area contributed by atoms with Gasteiger partial charge in [0.25, 0.3) is 0 Å². The van der Waals surface area contributed by atoms with E-state index in [-0.39, 0.29) is 5.69 Å². The zero-order valence-electron chi connectivity index (χ0n) is 10.3. The highest BCUT2D eigenvalue weighted by Gasteiger charge is 2.30. The van der Waals surface area contributed by atoms with Gasteiger partial charge in [-0.15, -0.1) is 0 Å². The van der Waals surface area contributed by atoms with Gasteiger partial charge in [-0.3, -0.25) is 0 Å². The van der Waals surface area contributed by atoms with Crippen molar-refractivity contribution in [3.63, 3.8) is 0 Å². The number of carbonyl (C=O) groups is 1. The average molecular weight is 258 g/mol. The Morgan fingerprint density at radius 2 is 2.32 bits per heavy atom. The van der Waals surface area contributed by atoms with E-state index < -0.39 is 5.97 Å². The number of anilines is 1. The molecule has 1 saturated carbocycles. The van der Waals surface area contributed by atoms with Crippen molar-refractivity contribution < 1.29 is 14.3 Å². The van der Waals surface area contributed by atoms with Crippen molar-refractivity contribution >= 4 is 11.7 Å². The van der Waals surface area contributed by atoms with Crippen LogP contribution in [0.3, 0.4) is 0 Å². The molecule has 0 atom stereocenters. The summed E-state index contributed by atoms with van der Waals surface area (Å²) in [6, 6.07) is 7.70. The van der Waals surface area contributed by atoms with Gasteiger partial charge < -0.3 is 14.4 Å². The summed E-state index contributed by atoms with van der Waals surface area (Å²) in [6.45, 7) is 0.654. The van der Waals surface area contributed by atoms with Gasteiger partial charge in [-0.05, 0) is 37.1 Å². The van der Waals surface area contributed by atoms with E-state index in [2.05, 4.69) is 9.88 Å². The first-order chi connectivity index (χ1) is 9.24. The van der Waals surface area contributed by atoms with Gasteiger partial charge in [-0.2, -0.15) is 0 Å². The van der Waals surface area contributed by atoms with Crippen molar-refractivity contribution in [3.8, 4) is 0 Å². The molecule has 5 heteroatoms. The minimum absolute atomic E-state index is 0.0718. The number of rotatable bonds is 5. The normalized spacial score (nSPS) is 14.3. The number of pyridine rings is 1. The molecule has 3 rings (SSSR count). The van der Waals surface area contributed by atoms with Crippen LogP contribution in [0.1, 0.15) is 29.1 Å². The van der Waals surface area contributed by atoms with E-state index in [9.17, 15) is 4.79 Å². The molecule has 0 radical (unpaired) electrons. The molecule has 2 aromatic heterocycles. The van der Waals surface area contributed by atoms with Crippen molar-refractivity contribution in [1.29, 1.82) is 0 Å². The summed E-state index contributed by atoms with van der Waals surface area (Å²) in [6.07, 6.45) is 5.45. The Morgan fingerprint density at radius 1 is 1.47 bits per heavy atom. The zero-order chi connectivity index (χ0) is 13.2. The molecule has 0 spiro atoms. The Morgan fingerprint density at radius 3 is 2.95 bits per heavy atom. The number of carboxylic acid groups (broad SMARTS) is 1. The maximum Gasteiger partial charge on any atom is 0.354 e. The number of furan rings is 1. The fourth-order valence-corrected chi connectivity index (χ4v) is 2.10. The molecule has 1 aliphatic carbocycles. The van der Waals surface area contributed by atoms with Crippen LogP contribution in [-0.2, 0) is 6.54 Å². The van der Waals surface area contributed by atoms with Crippen LogP contribution < -0.4 is 4.90 Å². The predicted octanol–water partition coefficient (Wildman–Crippen LogP) is 2.54. The summed E-state index contributed by atoms with van der Waals surface area (Å²) in [7, 11) is 0. The third kappa shape index (κ3) is 2.59. The maximum atomic E-state index is 11.0. The fraction of sp³-hybridized carbons (Fsp3) is 0.286. The number of carboxylic acids is 1. The number of nitrogens with zero attached hydrogens (tertiary/aromatic N) is 2. The molecule has 0 unspecified atom stereocenters. The zero-order valence-corrected chi connectivity index (χ0v) is 10.3. The molecule has 2 aromatic rings. The SMILES string of the molecule is O=C(O)c1cc(N(Cc2ccco2)C2CC2)ccn1. The molecule has 1 fully saturated rings.